The molecule has 1 aromatic rings. The summed E-state index contributed by atoms with van der Waals surface area (Å²) in [6.07, 6.45) is 11.4. The molecule has 4 N–H and O–H groups in total. The lowest BCUT2D eigenvalue weighted by Crippen LogP contribution is -2.57. The molecule has 1 aromatic carbocycles. The molecular formula is C38H57NO12. The van der Waals surface area contributed by atoms with Crippen LogP contribution in [0.25, 0.3) is 0 Å². The van der Waals surface area contributed by atoms with Gasteiger partial charge in [-0.25, -0.2) is 14.4 Å². The summed E-state index contributed by atoms with van der Waals surface area (Å²) in [5, 5.41) is 33.5. The van der Waals surface area contributed by atoms with Gasteiger partial charge in [-0.3, -0.25) is 14.4 Å². The van der Waals surface area contributed by atoms with Crippen molar-refractivity contribution in [1.29, 1.82) is 0 Å². The topological polar surface area (TPSA) is 203 Å². The number of carbonyl (C=O) groups is 6. The number of hydrogen-bond donors (Lipinski definition) is 4. The fourth-order valence-corrected chi connectivity index (χ4v) is 5.20. The maximum Gasteiger partial charge on any atom is 0.344 e. The zero-order chi connectivity index (χ0) is 38.5. The van der Waals surface area contributed by atoms with Crippen molar-refractivity contribution < 1.29 is 58.3 Å². The van der Waals surface area contributed by atoms with Crippen LogP contribution < -0.4 is 5.32 Å². The number of esters is 3. The molecule has 0 aliphatic heterocycles. The molecule has 286 valence electrons. The number of Topliss-reactive ketones (excluding diaryl/α,β-unsaturated/α-hetero) is 1. The Hall–Kier alpha value is -4.26. The number of aliphatic hydroxyl groups is 1. The van der Waals surface area contributed by atoms with Crippen molar-refractivity contribution in [2.24, 2.45) is 5.92 Å². The molecule has 1 rings (SSSR count). The maximum atomic E-state index is 13.9. The summed E-state index contributed by atoms with van der Waals surface area (Å²) in [5.74, 6) is -7.51. The first kappa shape index (κ1) is 44.8. The normalized spacial score (nSPS) is 13.8. The lowest BCUT2D eigenvalue weighted by molar-refractivity contribution is -0.187. The molecule has 0 radical (unpaired) electrons. The number of ketones is 1. The summed E-state index contributed by atoms with van der Waals surface area (Å²) in [6, 6.07) is 4.24. The standard InChI is InChI=1S/C38H57NO12/c1-6-7-8-11-14-17-28(40)18-15-12-9-10-13-16-19-30(38(48,25-32(42)43)36(47)51-37(2,3)4)34(45)39-31(35(46)50-26-33(44)49-5)24-27-20-22-29(41)23-21-27/h16,19-23,30-31,41,48H,6-15,17-18,24-26H2,1-5H3,(H,39,45)(H,42,43)/b19-16+/t30-,31+,38+/m1/s1. The number of nitrogens with one attached hydrogen (secondary N) is 1. The van der Waals surface area contributed by atoms with E-state index in [4.69, 9.17) is 9.47 Å². The van der Waals surface area contributed by atoms with E-state index in [0.29, 0.717) is 31.2 Å². The Morgan fingerprint density at radius 3 is 2.02 bits per heavy atom. The number of unbranched alkanes of at least 4 members (excludes halogenated alkanes) is 8. The summed E-state index contributed by atoms with van der Waals surface area (Å²) >= 11 is 0. The third-order valence-electron chi connectivity index (χ3n) is 7.97. The molecule has 0 aliphatic carbocycles. The van der Waals surface area contributed by atoms with Gasteiger partial charge < -0.3 is 34.8 Å². The molecule has 0 fully saturated rings. The first-order chi connectivity index (χ1) is 24.0. The number of benzene rings is 1. The van der Waals surface area contributed by atoms with Gasteiger partial charge in [0.25, 0.3) is 0 Å². The molecule has 0 saturated heterocycles. The lowest BCUT2D eigenvalue weighted by Gasteiger charge is -2.34. The Morgan fingerprint density at radius 1 is 0.882 bits per heavy atom. The summed E-state index contributed by atoms with van der Waals surface area (Å²) in [7, 11) is 1.10. The van der Waals surface area contributed by atoms with Gasteiger partial charge >= 0.3 is 23.9 Å². The van der Waals surface area contributed by atoms with Gasteiger partial charge in [0, 0.05) is 19.3 Å². The first-order valence-corrected chi connectivity index (χ1v) is 17.7. The molecule has 0 unspecified atom stereocenters. The minimum atomic E-state index is -2.88. The number of aliphatic carboxylic acids is 1. The second-order valence-electron chi connectivity index (χ2n) is 13.7. The average molecular weight is 720 g/mol. The number of carboxylic acid groups (broad SMARTS) is 1. The Labute approximate surface area is 301 Å². The molecule has 0 bridgehead atoms. The number of aromatic hydroxyl groups is 1. The van der Waals surface area contributed by atoms with E-state index < -0.39 is 66.0 Å². The third kappa shape index (κ3) is 18.5. The van der Waals surface area contributed by atoms with Crippen LogP contribution >= 0.6 is 0 Å². The van der Waals surface area contributed by atoms with Crippen LogP contribution in [0.5, 0.6) is 5.75 Å². The Morgan fingerprint density at radius 2 is 1.47 bits per heavy atom. The van der Waals surface area contributed by atoms with Gasteiger partial charge in [0.05, 0.1) is 19.4 Å². The van der Waals surface area contributed by atoms with E-state index in [2.05, 4.69) is 17.0 Å². The van der Waals surface area contributed by atoms with E-state index in [1.165, 1.54) is 57.5 Å². The lowest BCUT2D eigenvalue weighted by atomic mass is 9.82. The Balaban J connectivity index is 3.17. The second-order valence-corrected chi connectivity index (χ2v) is 13.7. The minimum absolute atomic E-state index is 0.0458. The van der Waals surface area contributed by atoms with Crippen molar-refractivity contribution in [2.45, 2.75) is 135 Å². The van der Waals surface area contributed by atoms with Crippen molar-refractivity contribution in [3.63, 3.8) is 0 Å². The monoisotopic (exact) mass is 719 g/mol. The van der Waals surface area contributed by atoms with Crippen LogP contribution in [-0.2, 0) is 49.4 Å². The summed E-state index contributed by atoms with van der Waals surface area (Å²) in [6.45, 7) is 5.94. The zero-order valence-corrected chi connectivity index (χ0v) is 30.7. The van der Waals surface area contributed by atoms with E-state index >= 15 is 0 Å². The molecule has 0 aliphatic rings. The summed E-state index contributed by atoms with van der Waals surface area (Å²) in [4.78, 5) is 76.0. The van der Waals surface area contributed by atoms with Crippen LogP contribution in [0.4, 0.5) is 0 Å². The van der Waals surface area contributed by atoms with Crippen LogP contribution in [0.2, 0.25) is 0 Å². The van der Waals surface area contributed by atoms with Crippen LogP contribution in [0.15, 0.2) is 36.4 Å². The van der Waals surface area contributed by atoms with Gasteiger partial charge in [-0.15, -0.1) is 0 Å². The van der Waals surface area contributed by atoms with Crippen molar-refractivity contribution in [1.82, 2.24) is 5.32 Å². The van der Waals surface area contributed by atoms with Gasteiger partial charge in [0.1, 0.15) is 23.2 Å². The minimum Gasteiger partial charge on any atom is -0.508 e. The van der Waals surface area contributed by atoms with Crippen molar-refractivity contribution >= 4 is 35.6 Å². The first-order valence-electron chi connectivity index (χ1n) is 17.7. The number of phenolic OH excluding ortho intramolecular Hbond substituents is 1. The van der Waals surface area contributed by atoms with E-state index in [-0.39, 0.29) is 18.0 Å². The number of carboxylic acids is 1. The summed E-state index contributed by atoms with van der Waals surface area (Å²) in [5.41, 5.74) is -3.55. The smallest absolute Gasteiger partial charge is 0.344 e. The molecule has 51 heavy (non-hydrogen) atoms. The van der Waals surface area contributed by atoms with Gasteiger partial charge in [0.15, 0.2) is 12.2 Å². The van der Waals surface area contributed by atoms with Gasteiger partial charge in [-0.05, 0) is 64.2 Å². The van der Waals surface area contributed by atoms with E-state index in [1.54, 1.807) is 6.08 Å². The fraction of sp³-hybridized carbons (Fsp3) is 0.632. The SMILES string of the molecule is CCCCCCCC(=O)CCCCCC/C=C/[C@H](C(=O)N[C@@H](Cc1ccc(O)cc1)C(=O)OCC(=O)OC)[C@@](O)(CC(=O)O)C(=O)OC(C)(C)C. The molecule has 13 heteroatoms. The van der Waals surface area contributed by atoms with Crippen molar-refractivity contribution in [3.8, 4) is 5.75 Å². The number of hydrogen-bond acceptors (Lipinski definition) is 11. The number of amides is 1. The highest BCUT2D eigenvalue weighted by atomic mass is 16.6. The number of methoxy groups -OCH3 is 1. The number of phenols is 1. The summed E-state index contributed by atoms with van der Waals surface area (Å²) < 4.78 is 14.9. The highest BCUT2D eigenvalue weighted by molar-refractivity contribution is 5.95. The predicted octanol–water partition coefficient (Wildman–Crippen LogP) is 5.13. The van der Waals surface area contributed by atoms with Crippen LogP contribution in [0.3, 0.4) is 0 Å². The Bertz CT molecular complexity index is 1300. The van der Waals surface area contributed by atoms with Crippen molar-refractivity contribution in [2.75, 3.05) is 13.7 Å². The maximum absolute atomic E-state index is 13.9. The number of ether oxygens (including phenoxy) is 3. The molecule has 13 nitrogen and oxygen atoms in total. The van der Waals surface area contributed by atoms with Crippen LogP contribution in [0.1, 0.15) is 117 Å². The Kier molecular flexibility index (Phi) is 20.4. The van der Waals surface area contributed by atoms with E-state index in [1.807, 2.05) is 0 Å². The highest BCUT2D eigenvalue weighted by Crippen LogP contribution is 2.29. The molecule has 0 spiro atoms. The quantitative estimate of drug-likeness (QED) is 0.0450. The third-order valence-corrected chi connectivity index (χ3v) is 7.97. The molecule has 0 heterocycles. The average Bonchev–Trinajstić information content (AvgIpc) is 3.05. The molecular weight excluding hydrogens is 662 g/mol. The predicted molar refractivity (Wildman–Crippen MR) is 188 cm³/mol. The molecule has 3 atom stereocenters. The van der Waals surface area contributed by atoms with Crippen molar-refractivity contribution in [3.05, 3.63) is 42.0 Å². The number of carbonyl (C=O) groups excluding carboxylic acids is 5. The van der Waals surface area contributed by atoms with Gasteiger partial charge in [-0.1, -0.05) is 69.7 Å². The zero-order valence-electron chi connectivity index (χ0n) is 30.7. The number of rotatable bonds is 25. The molecule has 0 saturated carbocycles. The van der Waals surface area contributed by atoms with E-state index in [9.17, 15) is 44.1 Å². The van der Waals surface area contributed by atoms with Crippen LogP contribution in [0, 0.1) is 5.92 Å². The second kappa shape index (κ2) is 23.3. The highest BCUT2D eigenvalue weighted by Gasteiger charge is 2.51. The van der Waals surface area contributed by atoms with Crippen LogP contribution in [-0.4, -0.2) is 81.8 Å². The van der Waals surface area contributed by atoms with E-state index in [0.717, 1.165) is 52.1 Å². The number of allylic oxidation sites excluding steroid dienone is 1. The van der Waals surface area contributed by atoms with Gasteiger partial charge in [0.2, 0.25) is 5.91 Å². The van der Waals surface area contributed by atoms with Gasteiger partial charge in [-0.2, -0.15) is 0 Å². The molecule has 1 amide bonds. The largest absolute Gasteiger partial charge is 0.508 e. The fourth-order valence-electron chi connectivity index (χ4n) is 5.20. The molecule has 0 aromatic heterocycles.